The molecule has 172 valence electrons. The molecule has 0 aliphatic rings. The van der Waals surface area contributed by atoms with Crippen LogP contribution in [0.25, 0.3) is 10.2 Å². The number of nitrogens with zero attached hydrogens (tertiary/aromatic N) is 2. The van der Waals surface area contributed by atoms with Crippen LogP contribution in [0.2, 0.25) is 0 Å². The van der Waals surface area contributed by atoms with E-state index in [2.05, 4.69) is 25.9 Å². The molecule has 3 amide bonds. The number of aliphatic carboxylic acids is 1. The smallest absolute Gasteiger partial charge is 0.326 e. The number of carboxylic acid groups (broad SMARTS) is 1. The Morgan fingerprint density at radius 3 is 2.39 bits per heavy atom. The molecule has 33 heavy (non-hydrogen) atoms. The van der Waals surface area contributed by atoms with E-state index in [0.29, 0.717) is 5.13 Å². The van der Waals surface area contributed by atoms with E-state index in [1.54, 1.807) is 0 Å². The van der Waals surface area contributed by atoms with Gasteiger partial charge in [0.2, 0.25) is 17.0 Å². The number of guanidine groups is 1. The maximum atomic E-state index is 12.6. The number of carbonyl (C=O) groups excluding carboxylic acids is 2. The first-order valence-corrected chi connectivity index (χ1v) is 11.2. The first kappa shape index (κ1) is 23.9. The number of hydrogen-bond donors (Lipinski definition) is 4. The highest BCUT2D eigenvalue weighted by molar-refractivity contribution is 7.22. The highest BCUT2D eigenvalue weighted by atomic mass is 32.1. The fraction of sp³-hybridized carbons (Fsp3) is 0.261. The molecule has 0 fully saturated rings. The van der Waals surface area contributed by atoms with Gasteiger partial charge in [-0.1, -0.05) is 67.6 Å². The van der Waals surface area contributed by atoms with Crippen molar-refractivity contribution in [2.45, 2.75) is 32.7 Å². The molecule has 0 radical (unpaired) electrons. The monoisotopic (exact) mass is 467 g/mol. The van der Waals surface area contributed by atoms with Crippen LogP contribution in [0.4, 0.5) is 9.93 Å². The first-order chi connectivity index (χ1) is 15.8. The van der Waals surface area contributed by atoms with Crippen molar-refractivity contribution >= 4 is 50.6 Å². The Hall–Kier alpha value is -3.79. The van der Waals surface area contributed by atoms with Gasteiger partial charge in [-0.25, -0.2) is 14.6 Å². The van der Waals surface area contributed by atoms with Gasteiger partial charge in [-0.05, 0) is 30.0 Å². The van der Waals surface area contributed by atoms with Crippen molar-refractivity contribution in [2.75, 3.05) is 0 Å². The molecule has 3 rings (SSSR count). The average Bonchev–Trinajstić information content (AvgIpc) is 3.15. The second-order valence-corrected chi connectivity index (χ2v) is 8.76. The lowest BCUT2D eigenvalue weighted by Crippen LogP contribution is -2.52. The summed E-state index contributed by atoms with van der Waals surface area (Å²) >= 11 is 1.30. The molecule has 0 aliphatic carbocycles. The SMILES string of the molecule is CC(C)C[C@H](NC(=O)N/C(=N\c1nc2ccccc2s1)NC(=O)Cc1ccccc1)C(=O)O. The number of carbonyl (C=O) groups is 3. The van der Waals surface area contributed by atoms with Gasteiger partial charge in [0.05, 0.1) is 16.6 Å². The van der Waals surface area contributed by atoms with E-state index in [1.807, 2.05) is 68.4 Å². The lowest BCUT2D eigenvalue weighted by atomic mass is 10.0. The molecular weight excluding hydrogens is 442 g/mol. The van der Waals surface area contributed by atoms with Crippen LogP contribution < -0.4 is 16.0 Å². The molecule has 0 spiro atoms. The number of aliphatic imine (C=N–C) groups is 1. The fourth-order valence-corrected chi connectivity index (χ4v) is 3.89. The van der Waals surface area contributed by atoms with Crippen molar-refractivity contribution in [3.63, 3.8) is 0 Å². The standard InChI is InChI=1S/C23H25N5O4S/c1-14(2)12-17(20(30)31)24-22(32)27-21(26-19(29)13-15-8-4-3-5-9-15)28-23-25-16-10-6-7-11-18(16)33-23/h3-11,14,17H,12-13H2,1-2H3,(H,30,31)(H3,24,25,26,27,28,29,32)/t17-/m0/s1. The van der Waals surface area contributed by atoms with Crippen molar-refractivity contribution in [1.29, 1.82) is 0 Å². The van der Waals surface area contributed by atoms with E-state index in [0.717, 1.165) is 15.8 Å². The summed E-state index contributed by atoms with van der Waals surface area (Å²) < 4.78 is 0.901. The quantitative estimate of drug-likeness (QED) is 0.312. The van der Waals surface area contributed by atoms with Crippen LogP contribution >= 0.6 is 11.3 Å². The zero-order valence-corrected chi connectivity index (χ0v) is 19.1. The number of urea groups is 1. The molecule has 3 aromatic rings. The Bertz CT molecular complexity index is 1130. The first-order valence-electron chi connectivity index (χ1n) is 10.4. The summed E-state index contributed by atoms with van der Waals surface area (Å²) in [4.78, 5) is 45.3. The molecular formula is C23H25N5O4S. The number of carboxylic acids is 1. The summed E-state index contributed by atoms with van der Waals surface area (Å²) in [5, 5.41) is 17.2. The van der Waals surface area contributed by atoms with E-state index >= 15 is 0 Å². The molecule has 1 atom stereocenters. The predicted octanol–water partition coefficient (Wildman–Crippen LogP) is 3.44. The van der Waals surface area contributed by atoms with Crippen LogP contribution in [0, 0.1) is 5.92 Å². The highest BCUT2D eigenvalue weighted by Gasteiger charge is 2.22. The van der Waals surface area contributed by atoms with Crippen molar-refractivity contribution in [1.82, 2.24) is 20.9 Å². The summed E-state index contributed by atoms with van der Waals surface area (Å²) in [6.07, 6.45) is 0.335. The Balaban J connectivity index is 1.78. The maximum absolute atomic E-state index is 12.6. The topological polar surface area (TPSA) is 133 Å². The fourth-order valence-electron chi connectivity index (χ4n) is 3.04. The van der Waals surface area contributed by atoms with E-state index in [9.17, 15) is 19.5 Å². The zero-order chi connectivity index (χ0) is 23.8. The second-order valence-electron chi connectivity index (χ2n) is 7.75. The average molecular weight is 468 g/mol. The van der Waals surface area contributed by atoms with Crippen molar-refractivity contribution in [3.05, 3.63) is 60.2 Å². The number of hydrogen-bond acceptors (Lipinski definition) is 6. The van der Waals surface area contributed by atoms with Gasteiger partial charge >= 0.3 is 12.0 Å². The third kappa shape index (κ3) is 7.39. The number of amides is 3. The molecule has 10 heteroatoms. The summed E-state index contributed by atoms with van der Waals surface area (Å²) in [5.74, 6) is -1.61. The summed E-state index contributed by atoms with van der Waals surface area (Å²) in [6.45, 7) is 3.72. The van der Waals surface area contributed by atoms with Gasteiger partial charge in [0, 0.05) is 0 Å². The van der Waals surface area contributed by atoms with Crippen LogP contribution in [0.1, 0.15) is 25.8 Å². The highest BCUT2D eigenvalue weighted by Crippen LogP contribution is 2.27. The van der Waals surface area contributed by atoms with E-state index < -0.39 is 23.9 Å². The van der Waals surface area contributed by atoms with Gasteiger partial charge in [0.15, 0.2) is 0 Å². The summed E-state index contributed by atoms with van der Waals surface area (Å²) in [7, 11) is 0. The van der Waals surface area contributed by atoms with Crippen molar-refractivity contribution < 1.29 is 19.5 Å². The van der Waals surface area contributed by atoms with Crippen molar-refractivity contribution in [3.8, 4) is 0 Å². The van der Waals surface area contributed by atoms with E-state index in [-0.39, 0.29) is 24.7 Å². The summed E-state index contributed by atoms with van der Waals surface area (Å²) in [5.41, 5.74) is 1.53. The van der Waals surface area contributed by atoms with Gasteiger partial charge in [-0.3, -0.25) is 15.4 Å². The van der Waals surface area contributed by atoms with Crippen LogP contribution in [0.15, 0.2) is 59.6 Å². The van der Waals surface area contributed by atoms with Gasteiger partial charge in [0.1, 0.15) is 6.04 Å². The Kier molecular flexibility index (Phi) is 8.09. The Morgan fingerprint density at radius 1 is 1.03 bits per heavy atom. The molecule has 0 saturated heterocycles. The predicted molar refractivity (Wildman–Crippen MR) is 128 cm³/mol. The minimum absolute atomic E-state index is 0.0628. The number of benzene rings is 2. The second kappa shape index (κ2) is 11.2. The molecule has 0 aliphatic heterocycles. The minimum Gasteiger partial charge on any atom is -0.480 e. The van der Waals surface area contributed by atoms with Gasteiger partial charge < -0.3 is 10.4 Å². The van der Waals surface area contributed by atoms with Crippen LogP contribution in [0.3, 0.4) is 0 Å². The Labute approximate surface area is 195 Å². The molecule has 2 aromatic carbocycles. The number of fused-ring (bicyclic) bond motifs is 1. The maximum Gasteiger partial charge on any atom is 0.326 e. The van der Waals surface area contributed by atoms with Gasteiger partial charge in [-0.2, -0.15) is 4.99 Å². The van der Waals surface area contributed by atoms with Gasteiger partial charge in [0.25, 0.3) is 0 Å². The number of nitrogens with one attached hydrogen (secondary N) is 3. The minimum atomic E-state index is -1.14. The van der Waals surface area contributed by atoms with Gasteiger partial charge in [-0.15, -0.1) is 0 Å². The number of thiazole rings is 1. The largest absolute Gasteiger partial charge is 0.480 e. The Morgan fingerprint density at radius 2 is 1.73 bits per heavy atom. The summed E-state index contributed by atoms with van der Waals surface area (Å²) in [6, 6.07) is 14.7. The van der Waals surface area contributed by atoms with Crippen LogP contribution in [-0.4, -0.2) is 40.0 Å². The lowest BCUT2D eigenvalue weighted by Gasteiger charge is -2.17. The van der Waals surface area contributed by atoms with Crippen LogP contribution in [-0.2, 0) is 16.0 Å². The molecule has 0 bridgehead atoms. The third-order valence-electron chi connectivity index (χ3n) is 4.50. The number of para-hydroxylation sites is 1. The molecule has 9 nitrogen and oxygen atoms in total. The zero-order valence-electron chi connectivity index (χ0n) is 18.2. The lowest BCUT2D eigenvalue weighted by molar-refractivity contribution is -0.139. The molecule has 4 N–H and O–H groups in total. The van der Waals surface area contributed by atoms with Crippen LogP contribution in [0.5, 0.6) is 0 Å². The molecule has 1 aromatic heterocycles. The number of rotatable bonds is 7. The number of aromatic nitrogens is 1. The normalized spacial score (nSPS) is 12.4. The van der Waals surface area contributed by atoms with E-state index in [1.165, 1.54) is 11.3 Å². The molecule has 0 unspecified atom stereocenters. The van der Waals surface area contributed by atoms with E-state index in [4.69, 9.17) is 0 Å². The molecule has 1 heterocycles. The third-order valence-corrected chi connectivity index (χ3v) is 5.43. The molecule has 0 saturated carbocycles. The van der Waals surface area contributed by atoms with Crippen molar-refractivity contribution in [2.24, 2.45) is 10.9 Å².